The number of rotatable bonds is 9. The van der Waals surface area contributed by atoms with Gasteiger partial charge in [0.05, 0.1) is 39.6 Å². The average Bonchev–Trinajstić information content (AvgIpc) is 3.54. The normalized spacial score (nSPS) is 14.9. The maximum atomic E-state index is 14.3. The molecule has 0 aliphatic carbocycles. The van der Waals surface area contributed by atoms with Crippen LogP contribution in [0.3, 0.4) is 0 Å². The highest BCUT2D eigenvalue weighted by Gasteiger charge is 2.35. The summed E-state index contributed by atoms with van der Waals surface area (Å²) >= 11 is 13.8. The number of methoxy groups -OCH3 is 1. The van der Waals surface area contributed by atoms with Gasteiger partial charge in [-0.05, 0) is 49.2 Å². The molecule has 0 saturated carbocycles. The van der Waals surface area contributed by atoms with Crippen molar-refractivity contribution in [2.75, 3.05) is 13.7 Å². The van der Waals surface area contributed by atoms with Gasteiger partial charge in [0, 0.05) is 34.8 Å². The number of nitrogens with zero attached hydrogens (tertiary/aromatic N) is 3. The third kappa shape index (κ3) is 5.86. The number of carbonyl (C=O) groups is 1. The molecule has 0 fully saturated rings. The quantitative estimate of drug-likeness (QED) is 0.161. The van der Waals surface area contributed by atoms with Gasteiger partial charge in [0.2, 0.25) is 0 Å². The van der Waals surface area contributed by atoms with Crippen LogP contribution < -0.4 is 19.6 Å². The van der Waals surface area contributed by atoms with Crippen molar-refractivity contribution >= 4 is 57.5 Å². The van der Waals surface area contributed by atoms with Gasteiger partial charge >= 0.3 is 5.97 Å². The number of para-hydroxylation sites is 2. The number of esters is 1. The van der Waals surface area contributed by atoms with E-state index in [9.17, 15) is 9.59 Å². The number of benzene rings is 3. The van der Waals surface area contributed by atoms with Crippen molar-refractivity contribution < 1.29 is 14.3 Å². The minimum atomic E-state index is -0.754. The Balaban J connectivity index is 1.55. The predicted octanol–water partition coefficient (Wildman–Crippen LogP) is 6.90. The van der Waals surface area contributed by atoms with Crippen molar-refractivity contribution in [3.8, 4) is 5.75 Å². The molecule has 1 aliphatic rings. The number of allylic oxidation sites excluding steroid dienone is 1. The minimum Gasteiger partial charge on any atom is -0.496 e. The Labute approximate surface area is 274 Å². The predicted molar refractivity (Wildman–Crippen MR) is 180 cm³/mol. The second-order valence-electron chi connectivity index (χ2n) is 10.6. The van der Waals surface area contributed by atoms with Gasteiger partial charge in [0.25, 0.3) is 5.56 Å². The average molecular weight is 661 g/mol. The zero-order chi connectivity index (χ0) is 31.7. The van der Waals surface area contributed by atoms with Gasteiger partial charge < -0.3 is 14.0 Å². The molecular weight excluding hydrogens is 629 g/mol. The summed E-state index contributed by atoms with van der Waals surface area (Å²) in [6.45, 7) is 4.58. The Morgan fingerprint density at radius 1 is 1.04 bits per heavy atom. The van der Waals surface area contributed by atoms with Gasteiger partial charge in [0.1, 0.15) is 11.8 Å². The molecule has 0 N–H and O–H groups in total. The van der Waals surface area contributed by atoms with E-state index in [1.54, 1.807) is 24.7 Å². The zero-order valence-corrected chi connectivity index (χ0v) is 27.4. The van der Waals surface area contributed by atoms with Crippen LogP contribution in [-0.4, -0.2) is 28.8 Å². The van der Waals surface area contributed by atoms with Crippen LogP contribution in [0, 0.1) is 0 Å². The standard InChI is InChI=1S/C35H31Cl2N3O4S/c1-4-10-27-31(34(42)44-5-2)32(24-12-7-9-14-29(24)43-3)40-33(41)30(45-35(40)38-27)18-22-20-39(28-13-8-6-11-23(22)28)19-21-15-16-25(36)26(37)17-21/h6-9,11-18,20,32H,4-5,10,19H2,1-3H3/b30-18+/t32-/m1/s1. The topological polar surface area (TPSA) is 74.8 Å². The van der Waals surface area contributed by atoms with E-state index in [1.165, 1.54) is 11.3 Å². The van der Waals surface area contributed by atoms with Crippen LogP contribution in [0.5, 0.6) is 5.75 Å². The van der Waals surface area contributed by atoms with E-state index in [4.69, 9.17) is 37.7 Å². The monoisotopic (exact) mass is 659 g/mol. The lowest BCUT2D eigenvalue weighted by Gasteiger charge is -2.26. The van der Waals surface area contributed by atoms with E-state index < -0.39 is 12.0 Å². The van der Waals surface area contributed by atoms with Crippen molar-refractivity contribution in [1.82, 2.24) is 9.13 Å². The highest BCUT2D eigenvalue weighted by molar-refractivity contribution is 7.07. The van der Waals surface area contributed by atoms with Gasteiger partial charge in [-0.15, -0.1) is 0 Å². The molecule has 1 atom stereocenters. The molecule has 2 aromatic heterocycles. The molecule has 5 aromatic rings. The molecule has 0 saturated heterocycles. The van der Waals surface area contributed by atoms with E-state index in [1.807, 2.05) is 73.8 Å². The summed E-state index contributed by atoms with van der Waals surface area (Å²) in [4.78, 5) is 33.2. The van der Waals surface area contributed by atoms with Gasteiger partial charge in [-0.3, -0.25) is 9.36 Å². The van der Waals surface area contributed by atoms with E-state index in [2.05, 4.69) is 10.6 Å². The summed E-state index contributed by atoms with van der Waals surface area (Å²) in [6.07, 6.45) is 5.28. The van der Waals surface area contributed by atoms with Crippen LogP contribution in [-0.2, 0) is 16.1 Å². The summed E-state index contributed by atoms with van der Waals surface area (Å²) in [5, 5.41) is 2.01. The van der Waals surface area contributed by atoms with Gasteiger partial charge in [-0.2, -0.15) is 0 Å². The van der Waals surface area contributed by atoms with Crippen LogP contribution in [0.4, 0.5) is 0 Å². The van der Waals surface area contributed by atoms with Crippen molar-refractivity contribution in [3.63, 3.8) is 0 Å². The first-order valence-electron chi connectivity index (χ1n) is 14.7. The Morgan fingerprint density at radius 2 is 1.82 bits per heavy atom. The number of hydrogen-bond acceptors (Lipinski definition) is 6. The number of halogens is 2. The van der Waals surface area contributed by atoms with Crippen LogP contribution in [0.25, 0.3) is 17.0 Å². The molecule has 0 radical (unpaired) electrons. The smallest absolute Gasteiger partial charge is 0.338 e. The van der Waals surface area contributed by atoms with Crippen molar-refractivity contribution in [2.24, 2.45) is 4.99 Å². The molecule has 0 unspecified atom stereocenters. The van der Waals surface area contributed by atoms with Crippen LogP contribution >= 0.6 is 34.5 Å². The zero-order valence-electron chi connectivity index (χ0n) is 25.1. The number of aromatic nitrogens is 2. The molecular formula is C35H31Cl2N3O4S. The first-order chi connectivity index (χ1) is 21.8. The molecule has 3 aromatic carbocycles. The summed E-state index contributed by atoms with van der Waals surface area (Å²) in [7, 11) is 1.58. The third-order valence-electron chi connectivity index (χ3n) is 7.77. The highest BCUT2D eigenvalue weighted by Crippen LogP contribution is 2.37. The summed E-state index contributed by atoms with van der Waals surface area (Å²) in [5.41, 5.74) is 4.35. The lowest BCUT2D eigenvalue weighted by atomic mass is 9.93. The molecule has 0 spiro atoms. The fourth-order valence-corrected chi connectivity index (χ4v) is 7.14. The van der Waals surface area contributed by atoms with Crippen molar-refractivity contribution in [3.05, 3.63) is 131 Å². The number of ether oxygens (including phenoxy) is 2. The SMILES string of the molecule is CCCC1=C(C(=O)OCC)[C@@H](c2ccccc2OC)n2c(s/c(=C/c3cn(Cc4ccc(Cl)c(Cl)c4)c4ccccc34)c2=O)=N1. The maximum Gasteiger partial charge on any atom is 0.338 e. The molecule has 10 heteroatoms. The summed E-state index contributed by atoms with van der Waals surface area (Å²) < 4.78 is 15.5. The number of carbonyl (C=O) groups excluding carboxylic acids is 1. The van der Waals surface area contributed by atoms with Crippen LogP contribution in [0.1, 0.15) is 49.4 Å². The first-order valence-corrected chi connectivity index (χ1v) is 16.3. The number of hydrogen-bond donors (Lipinski definition) is 0. The van der Waals surface area contributed by atoms with Gasteiger partial charge in [-0.25, -0.2) is 9.79 Å². The van der Waals surface area contributed by atoms with E-state index >= 15 is 0 Å². The molecule has 1 aliphatic heterocycles. The Kier molecular flexibility index (Phi) is 8.99. The second-order valence-corrected chi connectivity index (χ2v) is 12.5. The van der Waals surface area contributed by atoms with Crippen molar-refractivity contribution in [1.29, 1.82) is 0 Å². The van der Waals surface area contributed by atoms with E-state index in [-0.39, 0.29) is 12.2 Å². The second kappa shape index (κ2) is 13.1. The largest absolute Gasteiger partial charge is 0.496 e. The Hall–Kier alpha value is -4.11. The molecule has 7 nitrogen and oxygen atoms in total. The lowest BCUT2D eigenvalue weighted by molar-refractivity contribution is -0.139. The van der Waals surface area contributed by atoms with E-state index in [0.29, 0.717) is 54.9 Å². The molecule has 3 heterocycles. The number of thiazole rings is 1. The van der Waals surface area contributed by atoms with Crippen LogP contribution in [0.2, 0.25) is 10.0 Å². The summed E-state index contributed by atoms with van der Waals surface area (Å²) in [5.74, 6) is 0.0854. The van der Waals surface area contributed by atoms with Gasteiger partial charge in [0.15, 0.2) is 4.80 Å². The number of fused-ring (bicyclic) bond motifs is 2. The molecule has 0 bridgehead atoms. The third-order valence-corrected chi connectivity index (χ3v) is 9.49. The fraction of sp³-hybridized carbons (Fsp3) is 0.229. The molecule has 0 amide bonds. The van der Waals surface area contributed by atoms with Crippen molar-refractivity contribution in [2.45, 2.75) is 39.3 Å². The first kappa shape index (κ1) is 30.9. The fourth-order valence-electron chi connectivity index (χ4n) is 5.80. The maximum absolute atomic E-state index is 14.3. The molecule has 45 heavy (non-hydrogen) atoms. The Morgan fingerprint density at radius 3 is 2.58 bits per heavy atom. The summed E-state index contributed by atoms with van der Waals surface area (Å²) in [6, 6.07) is 20.4. The van der Waals surface area contributed by atoms with Crippen LogP contribution in [0.15, 0.2) is 94.0 Å². The molecule has 6 rings (SSSR count). The minimum absolute atomic E-state index is 0.205. The molecule has 230 valence electrons. The highest BCUT2D eigenvalue weighted by atomic mass is 35.5. The van der Waals surface area contributed by atoms with Gasteiger partial charge in [-0.1, -0.05) is 90.3 Å². The lowest BCUT2D eigenvalue weighted by Crippen LogP contribution is -2.40. The van der Waals surface area contributed by atoms with E-state index in [0.717, 1.165) is 28.5 Å². The Bertz CT molecular complexity index is 2140.